The zero-order chi connectivity index (χ0) is 9.97. The normalized spacial score (nSPS) is 30.9. The van der Waals surface area contributed by atoms with Crippen LogP contribution in [0.1, 0.15) is 52.4 Å². The lowest BCUT2D eigenvalue weighted by atomic mass is 9.82. The van der Waals surface area contributed by atoms with Crippen molar-refractivity contribution in [3.05, 3.63) is 11.1 Å². The van der Waals surface area contributed by atoms with E-state index in [9.17, 15) is 0 Å². The summed E-state index contributed by atoms with van der Waals surface area (Å²) in [4.78, 5) is 0. The Morgan fingerprint density at radius 3 is 2.36 bits per heavy atom. The van der Waals surface area contributed by atoms with E-state index < -0.39 is 0 Å². The van der Waals surface area contributed by atoms with E-state index >= 15 is 0 Å². The molecule has 1 aliphatic heterocycles. The van der Waals surface area contributed by atoms with Crippen molar-refractivity contribution in [3.8, 4) is 0 Å². The molecule has 1 nitrogen and oxygen atoms in total. The molecular formula is C13H22O. The smallest absolute Gasteiger partial charge is 0.0680 e. The topological polar surface area (TPSA) is 9.23 Å². The summed E-state index contributed by atoms with van der Waals surface area (Å²) in [7, 11) is 0. The van der Waals surface area contributed by atoms with Crippen LogP contribution >= 0.6 is 0 Å². The Morgan fingerprint density at radius 1 is 1.00 bits per heavy atom. The van der Waals surface area contributed by atoms with Crippen molar-refractivity contribution in [1.82, 2.24) is 0 Å². The molecule has 2 aliphatic rings. The molecule has 1 fully saturated rings. The van der Waals surface area contributed by atoms with Gasteiger partial charge < -0.3 is 4.74 Å². The molecule has 0 bridgehead atoms. The third-order valence-corrected chi connectivity index (χ3v) is 3.93. The Morgan fingerprint density at radius 2 is 1.71 bits per heavy atom. The summed E-state index contributed by atoms with van der Waals surface area (Å²) in [5, 5.41) is 0. The second-order valence-corrected chi connectivity index (χ2v) is 5.01. The number of rotatable bonds is 1. The fourth-order valence-electron chi connectivity index (χ4n) is 2.70. The minimum absolute atomic E-state index is 0.541. The van der Waals surface area contributed by atoms with E-state index in [0.29, 0.717) is 6.10 Å². The molecule has 0 amide bonds. The highest BCUT2D eigenvalue weighted by atomic mass is 16.5. The molecule has 0 radical (unpaired) electrons. The fraction of sp³-hybridized carbons (Fsp3) is 0.846. The van der Waals surface area contributed by atoms with E-state index in [1.165, 1.54) is 44.1 Å². The van der Waals surface area contributed by atoms with Gasteiger partial charge in [0.05, 0.1) is 12.7 Å². The predicted molar refractivity (Wildman–Crippen MR) is 59.3 cm³/mol. The minimum Gasteiger partial charge on any atom is -0.373 e. The first-order valence-corrected chi connectivity index (χ1v) is 6.04. The van der Waals surface area contributed by atoms with Crippen LogP contribution in [0.25, 0.3) is 0 Å². The SMILES string of the molecule is CC1=C(C)CC(C2CCCCC2)OC1. The van der Waals surface area contributed by atoms with E-state index in [1.54, 1.807) is 5.57 Å². The van der Waals surface area contributed by atoms with Gasteiger partial charge in [-0.3, -0.25) is 0 Å². The van der Waals surface area contributed by atoms with Gasteiger partial charge in [0.15, 0.2) is 0 Å². The molecule has 1 aliphatic carbocycles. The molecule has 1 unspecified atom stereocenters. The van der Waals surface area contributed by atoms with Gasteiger partial charge in [-0.1, -0.05) is 24.8 Å². The van der Waals surface area contributed by atoms with E-state index in [2.05, 4.69) is 13.8 Å². The molecule has 0 N–H and O–H groups in total. The molecule has 2 rings (SSSR count). The molecular weight excluding hydrogens is 172 g/mol. The zero-order valence-corrected chi connectivity index (χ0v) is 9.51. The van der Waals surface area contributed by atoms with Crippen LogP contribution < -0.4 is 0 Å². The van der Waals surface area contributed by atoms with Gasteiger partial charge in [0.25, 0.3) is 0 Å². The minimum atomic E-state index is 0.541. The maximum Gasteiger partial charge on any atom is 0.0680 e. The Hall–Kier alpha value is -0.300. The zero-order valence-electron chi connectivity index (χ0n) is 9.51. The van der Waals surface area contributed by atoms with E-state index in [1.807, 2.05) is 0 Å². The molecule has 1 heterocycles. The first-order valence-electron chi connectivity index (χ1n) is 6.04. The third kappa shape index (κ3) is 2.20. The number of hydrogen-bond donors (Lipinski definition) is 0. The fourth-order valence-corrected chi connectivity index (χ4v) is 2.70. The molecule has 0 aromatic rings. The first kappa shape index (κ1) is 10.2. The molecule has 0 spiro atoms. The summed E-state index contributed by atoms with van der Waals surface area (Å²) < 4.78 is 5.94. The van der Waals surface area contributed by atoms with E-state index in [0.717, 1.165) is 12.5 Å². The lowest BCUT2D eigenvalue weighted by molar-refractivity contribution is 0.00352. The summed E-state index contributed by atoms with van der Waals surface area (Å²) in [5.74, 6) is 0.854. The highest BCUT2D eigenvalue weighted by Gasteiger charge is 2.27. The quantitative estimate of drug-likeness (QED) is 0.578. The number of ether oxygens (including phenoxy) is 1. The second-order valence-electron chi connectivity index (χ2n) is 5.01. The summed E-state index contributed by atoms with van der Waals surface area (Å²) in [6, 6.07) is 0. The van der Waals surface area contributed by atoms with Gasteiger partial charge in [-0.05, 0) is 44.6 Å². The maximum atomic E-state index is 5.94. The van der Waals surface area contributed by atoms with Gasteiger partial charge in [0, 0.05) is 0 Å². The standard InChI is InChI=1S/C13H22O/c1-10-8-13(14-9-11(10)2)12-6-4-3-5-7-12/h12-13H,3-9H2,1-2H3. The summed E-state index contributed by atoms with van der Waals surface area (Å²) in [6.45, 7) is 5.35. The maximum absolute atomic E-state index is 5.94. The Labute approximate surface area is 87.5 Å². The molecule has 14 heavy (non-hydrogen) atoms. The average molecular weight is 194 g/mol. The van der Waals surface area contributed by atoms with Crippen LogP contribution in [-0.2, 0) is 4.74 Å². The van der Waals surface area contributed by atoms with Crippen LogP contribution in [0.15, 0.2) is 11.1 Å². The molecule has 80 valence electrons. The Bertz CT molecular complexity index is 223. The van der Waals surface area contributed by atoms with Crippen molar-refractivity contribution in [2.24, 2.45) is 5.92 Å². The van der Waals surface area contributed by atoms with Crippen molar-refractivity contribution < 1.29 is 4.74 Å². The van der Waals surface area contributed by atoms with E-state index in [-0.39, 0.29) is 0 Å². The van der Waals surface area contributed by atoms with Crippen molar-refractivity contribution >= 4 is 0 Å². The largest absolute Gasteiger partial charge is 0.373 e. The van der Waals surface area contributed by atoms with Crippen LogP contribution in [-0.4, -0.2) is 12.7 Å². The lowest BCUT2D eigenvalue weighted by Gasteiger charge is -2.33. The molecule has 0 aromatic heterocycles. The van der Waals surface area contributed by atoms with Crippen LogP contribution in [0.4, 0.5) is 0 Å². The molecule has 1 atom stereocenters. The van der Waals surface area contributed by atoms with Crippen molar-refractivity contribution in [3.63, 3.8) is 0 Å². The molecule has 0 aromatic carbocycles. The second kappa shape index (κ2) is 4.48. The highest BCUT2D eigenvalue weighted by molar-refractivity contribution is 5.14. The first-order chi connectivity index (χ1) is 6.77. The van der Waals surface area contributed by atoms with Crippen LogP contribution in [0.2, 0.25) is 0 Å². The van der Waals surface area contributed by atoms with Gasteiger partial charge in [-0.15, -0.1) is 0 Å². The van der Waals surface area contributed by atoms with Crippen molar-refractivity contribution in [2.45, 2.75) is 58.5 Å². The monoisotopic (exact) mass is 194 g/mol. The van der Waals surface area contributed by atoms with Crippen LogP contribution in [0, 0.1) is 5.92 Å². The van der Waals surface area contributed by atoms with Crippen LogP contribution in [0.3, 0.4) is 0 Å². The molecule has 1 heteroatoms. The summed E-state index contributed by atoms with van der Waals surface area (Å²) in [5.41, 5.74) is 3.03. The Kier molecular flexibility index (Phi) is 3.27. The van der Waals surface area contributed by atoms with Crippen molar-refractivity contribution in [2.75, 3.05) is 6.61 Å². The molecule has 0 saturated heterocycles. The average Bonchev–Trinajstić information content (AvgIpc) is 2.23. The predicted octanol–water partition coefficient (Wildman–Crippen LogP) is 3.69. The van der Waals surface area contributed by atoms with Gasteiger partial charge in [-0.2, -0.15) is 0 Å². The Balaban J connectivity index is 1.93. The third-order valence-electron chi connectivity index (χ3n) is 3.93. The number of hydrogen-bond acceptors (Lipinski definition) is 1. The summed E-state index contributed by atoms with van der Waals surface area (Å²) >= 11 is 0. The van der Waals surface area contributed by atoms with Gasteiger partial charge >= 0.3 is 0 Å². The van der Waals surface area contributed by atoms with Crippen molar-refractivity contribution in [1.29, 1.82) is 0 Å². The molecule has 1 saturated carbocycles. The highest BCUT2D eigenvalue weighted by Crippen LogP contribution is 2.33. The lowest BCUT2D eigenvalue weighted by Crippen LogP contribution is -2.30. The van der Waals surface area contributed by atoms with Gasteiger partial charge in [-0.25, -0.2) is 0 Å². The van der Waals surface area contributed by atoms with E-state index in [4.69, 9.17) is 4.74 Å². The van der Waals surface area contributed by atoms with Gasteiger partial charge in [0.1, 0.15) is 0 Å². The van der Waals surface area contributed by atoms with Gasteiger partial charge in [0.2, 0.25) is 0 Å². The van der Waals surface area contributed by atoms with Crippen LogP contribution in [0.5, 0.6) is 0 Å². The summed E-state index contributed by atoms with van der Waals surface area (Å²) in [6.07, 6.45) is 8.82.